The molecule has 3 heterocycles. The van der Waals surface area contributed by atoms with Crippen molar-refractivity contribution < 1.29 is 4.79 Å². The highest BCUT2D eigenvalue weighted by molar-refractivity contribution is 6.03. The highest BCUT2D eigenvalue weighted by Gasteiger charge is 2.13. The van der Waals surface area contributed by atoms with Gasteiger partial charge in [-0.2, -0.15) is 0 Å². The Balaban J connectivity index is 1.37. The van der Waals surface area contributed by atoms with Crippen LogP contribution in [0.4, 0.5) is 17.2 Å². The molecule has 1 aliphatic rings. The molecule has 7 heteroatoms. The summed E-state index contributed by atoms with van der Waals surface area (Å²) in [7, 11) is 0. The summed E-state index contributed by atoms with van der Waals surface area (Å²) < 4.78 is 0. The number of carbonyl (C=O) groups excluding carboxylic acids is 1. The molecule has 1 fully saturated rings. The Morgan fingerprint density at radius 3 is 2.64 bits per heavy atom. The van der Waals surface area contributed by atoms with Crippen molar-refractivity contribution in [2.45, 2.75) is 19.4 Å². The van der Waals surface area contributed by atoms with Crippen LogP contribution in [0.15, 0.2) is 61.2 Å². The zero-order valence-electron chi connectivity index (χ0n) is 15.5. The molecule has 0 atom stereocenters. The zero-order chi connectivity index (χ0) is 19.2. The fourth-order valence-corrected chi connectivity index (χ4v) is 3.20. The van der Waals surface area contributed by atoms with Gasteiger partial charge in [0, 0.05) is 49.5 Å². The van der Waals surface area contributed by atoms with Crippen molar-refractivity contribution in [2.24, 2.45) is 0 Å². The first-order chi connectivity index (χ1) is 13.8. The van der Waals surface area contributed by atoms with Crippen molar-refractivity contribution in [2.75, 3.05) is 28.6 Å². The Morgan fingerprint density at radius 2 is 1.89 bits per heavy atom. The number of benzene rings is 1. The standard InChI is InChI=1S/C21H22N6O/c28-21(26-17-5-7-18(8-6-17)27-10-1-2-11-27)19-12-20(25-15-24-19)23-14-16-4-3-9-22-13-16/h3-9,12-13,15H,1-2,10-11,14H2,(H,26,28)(H,23,24,25). The highest BCUT2D eigenvalue weighted by atomic mass is 16.1. The lowest BCUT2D eigenvalue weighted by molar-refractivity contribution is 0.102. The summed E-state index contributed by atoms with van der Waals surface area (Å²) in [5, 5.41) is 6.07. The van der Waals surface area contributed by atoms with Crippen molar-refractivity contribution in [3.05, 3.63) is 72.4 Å². The van der Waals surface area contributed by atoms with E-state index >= 15 is 0 Å². The summed E-state index contributed by atoms with van der Waals surface area (Å²) in [6, 6.07) is 13.4. The van der Waals surface area contributed by atoms with Crippen LogP contribution in [0.25, 0.3) is 0 Å². The molecule has 0 saturated carbocycles. The van der Waals surface area contributed by atoms with E-state index in [1.807, 2.05) is 36.4 Å². The van der Waals surface area contributed by atoms with Crippen LogP contribution in [0.5, 0.6) is 0 Å². The molecule has 0 unspecified atom stereocenters. The maximum Gasteiger partial charge on any atom is 0.274 e. The number of nitrogens with zero attached hydrogens (tertiary/aromatic N) is 4. The Bertz CT molecular complexity index is 923. The van der Waals surface area contributed by atoms with Crippen LogP contribution in [-0.2, 0) is 6.54 Å². The van der Waals surface area contributed by atoms with E-state index in [2.05, 4.69) is 30.5 Å². The smallest absolute Gasteiger partial charge is 0.274 e. The molecule has 0 radical (unpaired) electrons. The number of anilines is 3. The second-order valence-electron chi connectivity index (χ2n) is 6.70. The van der Waals surface area contributed by atoms with Crippen molar-refractivity contribution in [1.82, 2.24) is 15.0 Å². The lowest BCUT2D eigenvalue weighted by Crippen LogP contribution is -2.18. The van der Waals surface area contributed by atoms with E-state index in [9.17, 15) is 4.79 Å². The summed E-state index contributed by atoms with van der Waals surface area (Å²) in [6.45, 7) is 2.77. The van der Waals surface area contributed by atoms with E-state index in [4.69, 9.17) is 0 Å². The van der Waals surface area contributed by atoms with E-state index in [1.165, 1.54) is 24.9 Å². The van der Waals surface area contributed by atoms with Gasteiger partial charge < -0.3 is 15.5 Å². The first kappa shape index (κ1) is 17.9. The Labute approximate surface area is 163 Å². The molecule has 0 bridgehead atoms. The fourth-order valence-electron chi connectivity index (χ4n) is 3.20. The summed E-state index contributed by atoms with van der Waals surface area (Å²) in [6.07, 6.45) is 7.38. The van der Waals surface area contributed by atoms with E-state index in [1.54, 1.807) is 18.5 Å². The number of hydrogen-bond acceptors (Lipinski definition) is 6. The number of pyridine rings is 1. The van der Waals surface area contributed by atoms with Gasteiger partial charge in [-0.3, -0.25) is 9.78 Å². The van der Waals surface area contributed by atoms with Crippen LogP contribution in [0, 0.1) is 0 Å². The predicted octanol–water partition coefficient (Wildman–Crippen LogP) is 3.34. The van der Waals surface area contributed by atoms with Gasteiger partial charge in [-0.05, 0) is 48.7 Å². The van der Waals surface area contributed by atoms with E-state index < -0.39 is 0 Å². The second kappa shape index (κ2) is 8.47. The molecule has 1 aliphatic heterocycles. The molecule has 1 amide bonds. The number of aromatic nitrogens is 3. The maximum atomic E-state index is 12.5. The van der Waals surface area contributed by atoms with E-state index in [0.29, 0.717) is 18.1 Å². The fraction of sp³-hybridized carbons (Fsp3) is 0.238. The Hall–Kier alpha value is -3.48. The molecule has 0 spiro atoms. The Kier molecular flexibility index (Phi) is 5.42. The highest BCUT2D eigenvalue weighted by Crippen LogP contribution is 2.22. The number of amides is 1. The van der Waals surface area contributed by atoms with Crippen molar-refractivity contribution in [3.8, 4) is 0 Å². The number of carbonyl (C=O) groups is 1. The van der Waals surface area contributed by atoms with E-state index in [-0.39, 0.29) is 5.91 Å². The molecular formula is C21H22N6O. The topological polar surface area (TPSA) is 83.0 Å². The second-order valence-corrected chi connectivity index (χ2v) is 6.70. The van der Waals surface area contributed by atoms with Crippen molar-refractivity contribution >= 4 is 23.1 Å². The van der Waals surface area contributed by atoms with Crippen LogP contribution in [0.1, 0.15) is 28.9 Å². The molecule has 3 aromatic rings. The number of rotatable bonds is 6. The minimum Gasteiger partial charge on any atom is -0.372 e. The molecule has 1 aromatic carbocycles. The van der Waals surface area contributed by atoms with Gasteiger partial charge in [0.1, 0.15) is 17.8 Å². The average Bonchev–Trinajstić information content (AvgIpc) is 3.29. The van der Waals surface area contributed by atoms with Gasteiger partial charge in [0.05, 0.1) is 0 Å². The summed E-state index contributed by atoms with van der Waals surface area (Å²) in [5.74, 6) is 0.328. The van der Waals surface area contributed by atoms with E-state index in [0.717, 1.165) is 24.3 Å². The minimum atomic E-state index is -0.263. The van der Waals surface area contributed by atoms with Gasteiger partial charge in [-0.15, -0.1) is 0 Å². The molecule has 4 rings (SSSR count). The molecule has 7 nitrogen and oxygen atoms in total. The summed E-state index contributed by atoms with van der Waals surface area (Å²) in [5.41, 5.74) is 3.29. The van der Waals surface area contributed by atoms with Crippen LogP contribution in [-0.4, -0.2) is 33.9 Å². The molecule has 142 valence electrons. The van der Waals surface area contributed by atoms with Gasteiger partial charge in [0.25, 0.3) is 5.91 Å². The molecule has 2 aromatic heterocycles. The first-order valence-corrected chi connectivity index (χ1v) is 9.39. The van der Waals surface area contributed by atoms with Crippen LogP contribution in [0.3, 0.4) is 0 Å². The predicted molar refractivity (Wildman–Crippen MR) is 109 cm³/mol. The van der Waals surface area contributed by atoms with Crippen LogP contribution in [0.2, 0.25) is 0 Å². The number of hydrogen-bond donors (Lipinski definition) is 2. The normalized spacial score (nSPS) is 13.4. The van der Waals surface area contributed by atoms with Crippen molar-refractivity contribution in [1.29, 1.82) is 0 Å². The minimum absolute atomic E-state index is 0.263. The average molecular weight is 374 g/mol. The third-order valence-corrected chi connectivity index (χ3v) is 4.69. The summed E-state index contributed by atoms with van der Waals surface area (Å²) in [4.78, 5) is 27.2. The van der Waals surface area contributed by atoms with Crippen LogP contribution >= 0.6 is 0 Å². The molecule has 2 N–H and O–H groups in total. The van der Waals surface area contributed by atoms with Gasteiger partial charge >= 0.3 is 0 Å². The quantitative estimate of drug-likeness (QED) is 0.689. The van der Waals surface area contributed by atoms with Gasteiger partial charge in [-0.1, -0.05) is 6.07 Å². The summed E-state index contributed by atoms with van der Waals surface area (Å²) >= 11 is 0. The van der Waals surface area contributed by atoms with Crippen molar-refractivity contribution in [3.63, 3.8) is 0 Å². The molecule has 28 heavy (non-hydrogen) atoms. The molecular weight excluding hydrogens is 352 g/mol. The third-order valence-electron chi connectivity index (χ3n) is 4.69. The SMILES string of the molecule is O=C(Nc1ccc(N2CCCC2)cc1)c1cc(NCc2cccnc2)ncn1. The zero-order valence-corrected chi connectivity index (χ0v) is 15.5. The largest absolute Gasteiger partial charge is 0.372 e. The van der Waals surface area contributed by atoms with Crippen LogP contribution < -0.4 is 15.5 Å². The van der Waals surface area contributed by atoms with Gasteiger partial charge in [0.15, 0.2) is 0 Å². The number of nitrogens with one attached hydrogen (secondary N) is 2. The monoisotopic (exact) mass is 374 g/mol. The van der Waals surface area contributed by atoms with Gasteiger partial charge in [-0.25, -0.2) is 9.97 Å². The molecule has 1 saturated heterocycles. The maximum absolute atomic E-state index is 12.5. The van der Waals surface area contributed by atoms with Gasteiger partial charge in [0.2, 0.25) is 0 Å². The lowest BCUT2D eigenvalue weighted by Gasteiger charge is -2.17. The first-order valence-electron chi connectivity index (χ1n) is 9.39. The Morgan fingerprint density at radius 1 is 1.07 bits per heavy atom. The lowest BCUT2D eigenvalue weighted by atomic mass is 10.2. The third kappa shape index (κ3) is 4.43. The molecule has 0 aliphatic carbocycles.